The van der Waals surface area contributed by atoms with Gasteiger partial charge in [-0.05, 0) is 78.9 Å². The predicted octanol–water partition coefficient (Wildman–Crippen LogP) is 11.8. The van der Waals surface area contributed by atoms with E-state index in [-0.39, 0.29) is 0 Å². The molecule has 0 radical (unpaired) electrons. The summed E-state index contributed by atoms with van der Waals surface area (Å²) in [7, 11) is 0. The van der Waals surface area contributed by atoms with Gasteiger partial charge in [0.1, 0.15) is 33.5 Å². The maximum absolute atomic E-state index is 6.21. The number of pyridine rings is 2. The van der Waals surface area contributed by atoms with E-state index in [4.69, 9.17) is 28.8 Å². The SMILES string of the molecule is c1ccc2c(c1)oc1ccc(-c3ccc4ccc5c(-c6ccc7oc8ccccc8c7c6)nc(-n6c7ccccc7c7cccnc76)nc5c4n3)cc12. The smallest absolute Gasteiger partial charge is 0.237 e. The van der Waals surface area contributed by atoms with Gasteiger partial charge < -0.3 is 8.83 Å². The van der Waals surface area contributed by atoms with Gasteiger partial charge in [0.15, 0.2) is 0 Å². The van der Waals surface area contributed by atoms with Crippen LogP contribution in [-0.2, 0) is 0 Å². The van der Waals surface area contributed by atoms with E-state index in [1.165, 1.54) is 0 Å². The molecule has 6 heterocycles. The first kappa shape index (κ1) is 28.3. The predicted molar refractivity (Wildman–Crippen MR) is 212 cm³/mol. The molecule has 0 atom stereocenters. The summed E-state index contributed by atoms with van der Waals surface area (Å²) in [5.41, 5.74) is 10.4. The van der Waals surface area contributed by atoms with Crippen LogP contribution in [0, 0.1) is 0 Å². The van der Waals surface area contributed by atoms with Crippen LogP contribution in [0.25, 0.3) is 116 Å². The number of benzene rings is 6. The summed E-state index contributed by atoms with van der Waals surface area (Å²) in [6, 6.07) is 49.7. The maximum atomic E-state index is 6.21. The highest BCUT2D eigenvalue weighted by Crippen LogP contribution is 2.38. The van der Waals surface area contributed by atoms with Gasteiger partial charge >= 0.3 is 0 Å². The minimum absolute atomic E-state index is 0.528. The number of fused-ring (bicyclic) bond motifs is 12. The molecule has 0 aliphatic carbocycles. The molecule has 0 saturated heterocycles. The zero-order valence-corrected chi connectivity index (χ0v) is 28.0. The summed E-state index contributed by atoms with van der Waals surface area (Å²) in [5, 5.41) is 8.27. The lowest BCUT2D eigenvalue weighted by Gasteiger charge is -2.13. The molecule has 0 N–H and O–H groups in total. The normalized spacial score (nSPS) is 12.2. The largest absolute Gasteiger partial charge is 0.456 e. The molecule has 0 aliphatic rings. The number of hydrogen-bond donors (Lipinski definition) is 0. The van der Waals surface area contributed by atoms with Crippen LogP contribution in [-0.4, -0.2) is 24.5 Å². The van der Waals surface area contributed by atoms with Crippen LogP contribution in [0.2, 0.25) is 0 Å². The first-order chi connectivity index (χ1) is 26.2. The van der Waals surface area contributed by atoms with Crippen LogP contribution in [0.15, 0.2) is 161 Å². The van der Waals surface area contributed by atoms with Gasteiger partial charge in [-0.3, -0.25) is 4.57 Å². The van der Waals surface area contributed by atoms with Crippen molar-refractivity contribution in [1.82, 2.24) is 24.5 Å². The highest BCUT2D eigenvalue weighted by molar-refractivity contribution is 6.12. The third-order valence-electron chi connectivity index (χ3n) is 10.5. The monoisotopic (exact) mass is 679 g/mol. The molecule has 0 unspecified atom stereocenters. The van der Waals surface area contributed by atoms with E-state index < -0.39 is 0 Å². The van der Waals surface area contributed by atoms with Crippen molar-refractivity contribution in [2.75, 3.05) is 0 Å². The summed E-state index contributed by atoms with van der Waals surface area (Å²) >= 11 is 0. The van der Waals surface area contributed by atoms with Crippen molar-refractivity contribution < 1.29 is 8.83 Å². The fourth-order valence-electron chi connectivity index (χ4n) is 8.00. The molecule has 7 heteroatoms. The lowest BCUT2D eigenvalue weighted by atomic mass is 10.0. The Hall–Kier alpha value is -7.38. The molecule has 0 fully saturated rings. The molecule has 7 nitrogen and oxygen atoms in total. The second-order valence-electron chi connectivity index (χ2n) is 13.4. The molecule has 12 rings (SSSR count). The summed E-state index contributed by atoms with van der Waals surface area (Å²) in [4.78, 5) is 20.9. The Morgan fingerprint density at radius 2 is 1.08 bits per heavy atom. The molecule has 0 aliphatic heterocycles. The third kappa shape index (κ3) is 4.10. The Kier molecular flexibility index (Phi) is 5.65. The summed E-state index contributed by atoms with van der Waals surface area (Å²) in [6.07, 6.45) is 1.82. The van der Waals surface area contributed by atoms with Crippen LogP contribution >= 0.6 is 0 Å². The fraction of sp³-hybridized carbons (Fsp3) is 0. The van der Waals surface area contributed by atoms with Crippen LogP contribution in [0.5, 0.6) is 0 Å². The zero-order chi connectivity index (χ0) is 34.6. The van der Waals surface area contributed by atoms with Crippen LogP contribution in [0.1, 0.15) is 0 Å². The van der Waals surface area contributed by atoms with Gasteiger partial charge in [0.25, 0.3) is 0 Å². The topological polar surface area (TPSA) is 82.8 Å². The molecular formula is C46H25N5O2. The zero-order valence-electron chi connectivity index (χ0n) is 28.0. The second-order valence-corrected chi connectivity index (χ2v) is 13.4. The van der Waals surface area contributed by atoms with E-state index in [1.54, 1.807) is 0 Å². The number of para-hydroxylation sites is 3. The number of furan rings is 2. The molecule has 0 bridgehead atoms. The van der Waals surface area contributed by atoms with Crippen molar-refractivity contribution >= 4 is 87.6 Å². The van der Waals surface area contributed by atoms with Gasteiger partial charge in [-0.15, -0.1) is 0 Å². The van der Waals surface area contributed by atoms with Gasteiger partial charge in [-0.1, -0.05) is 66.7 Å². The van der Waals surface area contributed by atoms with E-state index in [1.807, 2.05) is 66.9 Å². The first-order valence-corrected chi connectivity index (χ1v) is 17.5. The molecular weight excluding hydrogens is 655 g/mol. The van der Waals surface area contributed by atoms with Crippen molar-refractivity contribution in [1.29, 1.82) is 0 Å². The van der Waals surface area contributed by atoms with Crippen molar-refractivity contribution in [2.24, 2.45) is 0 Å². The molecule has 0 saturated carbocycles. The van der Waals surface area contributed by atoms with Crippen molar-refractivity contribution in [2.45, 2.75) is 0 Å². The average Bonchev–Trinajstić information content (AvgIpc) is 3.89. The molecule has 12 aromatic rings. The summed E-state index contributed by atoms with van der Waals surface area (Å²) in [5.74, 6) is 0.528. The van der Waals surface area contributed by atoms with E-state index >= 15 is 0 Å². The van der Waals surface area contributed by atoms with E-state index in [2.05, 4.69) is 89.5 Å². The third-order valence-corrected chi connectivity index (χ3v) is 10.5. The Balaban J connectivity index is 1.16. The fourth-order valence-corrected chi connectivity index (χ4v) is 8.00. The van der Waals surface area contributed by atoms with Crippen LogP contribution in [0.3, 0.4) is 0 Å². The van der Waals surface area contributed by atoms with E-state index in [0.717, 1.165) is 110 Å². The lowest BCUT2D eigenvalue weighted by molar-refractivity contribution is 0.668. The van der Waals surface area contributed by atoms with Crippen molar-refractivity contribution in [3.63, 3.8) is 0 Å². The van der Waals surface area contributed by atoms with Gasteiger partial charge in [0, 0.05) is 60.4 Å². The maximum Gasteiger partial charge on any atom is 0.237 e. The average molecular weight is 680 g/mol. The first-order valence-electron chi connectivity index (χ1n) is 17.5. The summed E-state index contributed by atoms with van der Waals surface area (Å²) < 4.78 is 14.4. The molecule has 6 aromatic carbocycles. The van der Waals surface area contributed by atoms with Crippen LogP contribution < -0.4 is 0 Å². The minimum Gasteiger partial charge on any atom is -0.456 e. The van der Waals surface area contributed by atoms with Crippen LogP contribution in [0.4, 0.5) is 0 Å². The molecule has 6 aromatic heterocycles. The van der Waals surface area contributed by atoms with E-state index in [9.17, 15) is 0 Å². The summed E-state index contributed by atoms with van der Waals surface area (Å²) in [6.45, 7) is 0. The number of hydrogen-bond acceptors (Lipinski definition) is 6. The van der Waals surface area contributed by atoms with Gasteiger partial charge in [0.05, 0.1) is 22.4 Å². The quantitative estimate of drug-likeness (QED) is 0.173. The Bertz CT molecular complexity index is 3430. The van der Waals surface area contributed by atoms with E-state index in [0.29, 0.717) is 5.95 Å². The minimum atomic E-state index is 0.528. The molecule has 0 spiro atoms. The Morgan fingerprint density at radius 3 is 1.87 bits per heavy atom. The van der Waals surface area contributed by atoms with Crippen molar-refractivity contribution in [3.8, 4) is 28.5 Å². The number of nitrogens with zero attached hydrogens (tertiary/aromatic N) is 5. The number of aromatic nitrogens is 5. The lowest BCUT2D eigenvalue weighted by Crippen LogP contribution is -2.05. The van der Waals surface area contributed by atoms with Gasteiger partial charge in [-0.2, -0.15) is 0 Å². The number of rotatable bonds is 3. The Labute approximate surface area is 300 Å². The van der Waals surface area contributed by atoms with Gasteiger partial charge in [-0.25, -0.2) is 19.9 Å². The highest BCUT2D eigenvalue weighted by Gasteiger charge is 2.20. The molecule has 0 amide bonds. The molecule has 53 heavy (non-hydrogen) atoms. The molecule has 246 valence electrons. The highest BCUT2D eigenvalue weighted by atomic mass is 16.3. The standard InChI is InChI=1S/C46H25N5O2/c1-4-12-37-29(8-1)32-11-7-23-47-45(32)51(37)46-49-42(28-18-22-41-35(25-28)31-10-3-6-14-39(31)53-41)33-19-15-26-16-20-36(48-43(26)44(33)50-46)27-17-21-40-34(24-27)30-9-2-5-13-38(30)52-40/h1-25H. The van der Waals surface area contributed by atoms with Crippen molar-refractivity contribution in [3.05, 3.63) is 152 Å². The van der Waals surface area contributed by atoms with Gasteiger partial charge in [0.2, 0.25) is 5.95 Å². The Morgan fingerprint density at radius 1 is 0.434 bits per heavy atom. The second kappa shape index (κ2) is 10.6.